The summed E-state index contributed by atoms with van der Waals surface area (Å²) in [6.07, 6.45) is 0. The van der Waals surface area contributed by atoms with Crippen LogP contribution >= 0.6 is 0 Å². The summed E-state index contributed by atoms with van der Waals surface area (Å²) in [6.45, 7) is 6.37. The molecule has 0 spiro atoms. The first kappa shape index (κ1) is 12.6. The third-order valence-electron chi connectivity index (χ3n) is 2.34. The molecule has 0 aromatic heterocycles. The van der Waals surface area contributed by atoms with Gasteiger partial charge in [-0.15, -0.1) is 0 Å². The molecule has 0 radical (unpaired) electrons. The van der Waals surface area contributed by atoms with Crippen molar-refractivity contribution in [1.82, 2.24) is 5.32 Å². The van der Waals surface area contributed by atoms with Crippen LogP contribution in [0.5, 0.6) is 0 Å². The van der Waals surface area contributed by atoms with Gasteiger partial charge in [-0.3, -0.25) is 0 Å². The van der Waals surface area contributed by atoms with Crippen LogP contribution in [0.25, 0.3) is 10.4 Å². The first-order valence-corrected chi connectivity index (χ1v) is 5.39. The van der Waals surface area contributed by atoms with Gasteiger partial charge in [0.15, 0.2) is 0 Å². The summed E-state index contributed by atoms with van der Waals surface area (Å²) in [6, 6.07) is 10.3. The van der Waals surface area contributed by atoms with E-state index in [4.69, 9.17) is 5.53 Å². The smallest absolute Gasteiger partial charge is 0.0321 e. The van der Waals surface area contributed by atoms with Crippen LogP contribution in [-0.2, 0) is 6.54 Å². The van der Waals surface area contributed by atoms with E-state index in [0.29, 0.717) is 6.54 Å². The van der Waals surface area contributed by atoms with E-state index in [1.165, 1.54) is 5.56 Å². The summed E-state index contributed by atoms with van der Waals surface area (Å²) >= 11 is 0. The molecule has 0 aliphatic heterocycles. The van der Waals surface area contributed by atoms with Crippen LogP contribution < -0.4 is 5.32 Å². The highest BCUT2D eigenvalue weighted by Gasteiger charge is 2.15. The van der Waals surface area contributed by atoms with E-state index in [1.807, 2.05) is 18.2 Å². The zero-order valence-electron chi connectivity index (χ0n) is 9.85. The van der Waals surface area contributed by atoms with Gasteiger partial charge in [0.1, 0.15) is 0 Å². The predicted molar refractivity (Wildman–Crippen MR) is 65.9 cm³/mol. The molecule has 0 amide bonds. The molecule has 1 rings (SSSR count). The average Bonchev–Trinajstić information content (AvgIpc) is 2.28. The molecule has 86 valence electrons. The third-order valence-corrected chi connectivity index (χ3v) is 2.34. The second-order valence-electron chi connectivity index (χ2n) is 4.64. The maximum atomic E-state index is 8.27. The Balaban J connectivity index is 2.32. The Bertz CT molecular complexity index is 353. The molecule has 0 fully saturated rings. The number of azide groups is 1. The lowest BCUT2D eigenvalue weighted by Crippen LogP contribution is -2.31. The fourth-order valence-electron chi connectivity index (χ4n) is 1.42. The van der Waals surface area contributed by atoms with Gasteiger partial charge in [-0.1, -0.05) is 49.3 Å². The zero-order valence-corrected chi connectivity index (χ0v) is 9.85. The summed E-state index contributed by atoms with van der Waals surface area (Å²) in [5.41, 5.74) is 9.54. The van der Waals surface area contributed by atoms with E-state index in [1.54, 1.807) is 0 Å². The van der Waals surface area contributed by atoms with Crippen molar-refractivity contribution in [3.63, 3.8) is 0 Å². The van der Waals surface area contributed by atoms with Crippen molar-refractivity contribution in [3.8, 4) is 0 Å². The van der Waals surface area contributed by atoms with E-state index in [9.17, 15) is 0 Å². The average molecular weight is 218 g/mol. The largest absolute Gasteiger partial charge is 0.312 e. The molecule has 0 bridgehead atoms. The SMILES string of the molecule is CC(C)(CN=[N+]=[N-])CNCc1ccccc1. The lowest BCUT2D eigenvalue weighted by molar-refractivity contribution is 0.351. The molecular weight excluding hydrogens is 200 g/mol. The molecule has 1 aromatic rings. The second-order valence-corrected chi connectivity index (χ2v) is 4.64. The molecule has 4 heteroatoms. The molecule has 16 heavy (non-hydrogen) atoms. The maximum absolute atomic E-state index is 8.27. The monoisotopic (exact) mass is 218 g/mol. The minimum Gasteiger partial charge on any atom is -0.312 e. The van der Waals surface area contributed by atoms with Gasteiger partial charge < -0.3 is 5.32 Å². The van der Waals surface area contributed by atoms with Crippen molar-refractivity contribution in [2.45, 2.75) is 20.4 Å². The van der Waals surface area contributed by atoms with Crippen molar-refractivity contribution in [2.75, 3.05) is 13.1 Å². The van der Waals surface area contributed by atoms with Crippen LogP contribution in [0.4, 0.5) is 0 Å². The van der Waals surface area contributed by atoms with Gasteiger partial charge in [0, 0.05) is 24.5 Å². The molecule has 0 saturated heterocycles. The van der Waals surface area contributed by atoms with Crippen molar-refractivity contribution in [2.24, 2.45) is 10.5 Å². The molecule has 0 unspecified atom stereocenters. The van der Waals surface area contributed by atoms with Crippen LogP contribution in [-0.4, -0.2) is 13.1 Å². The molecule has 0 saturated carbocycles. The molecule has 0 aliphatic carbocycles. The molecule has 4 nitrogen and oxygen atoms in total. The topological polar surface area (TPSA) is 60.8 Å². The van der Waals surface area contributed by atoms with Crippen molar-refractivity contribution >= 4 is 0 Å². The molecule has 0 atom stereocenters. The third kappa shape index (κ3) is 4.82. The highest BCUT2D eigenvalue weighted by molar-refractivity contribution is 5.14. The van der Waals surface area contributed by atoms with Crippen LogP contribution in [0.3, 0.4) is 0 Å². The Kier molecular flexibility index (Phi) is 4.83. The Morgan fingerprint density at radius 2 is 2.00 bits per heavy atom. The van der Waals surface area contributed by atoms with Gasteiger partial charge in [0.25, 0.3) is 0 Å². The first-order valence-electron chi connectivity index (χ1n) is 5.39. The van der Waals surface area contributed by atoms with Crippen molar-refractivity contribution in [3.05, 3.63) is 46.3 Å². The number of nitrogens with zero attached hydrogens (tertiary/aromatic N) is 3. The van der Waals surface area contributed by atoms with Crippen LogP contribution in [0.15, 0.2) is 35.4 Å². The van der Waals surface area contributed by atoms with Crippen molar-refractivity contribution in [1.29, 1.82) is 0 Å². The lowest BCUT2D eigenvalue weighted by atomic mass is 9.94. The van der Waals surface area contributed by atoms with Gasteiger partial charge >= 0.3 is 0 Å². The Labute approximate surface area is 96.3 Å². The second kappa shape index (κ2) is 6.16. The standard InChI is InChI=1S/C12H18N4/c1-12(2,10-15-16-13)9-14-8-11-6-4-3-5-7-11/h3-7,14H,8-10H2,1-2H3. The van der Waals surface area contributed by atoms with Gasteiger partial charge in [0.2, 0.25) is 0 Å². The molecule has 0 heterocycles. The number of benzene rings is 1. The molecule has 1 N–H and O–H groups in total. The quantitative estimate of drug-likeness (QED) is 0.445. The van der Waals surface area contributed by atoms with Gasteiger partial charge in [0.05, 0.1) is 0 Å². The van der Waals surface area contributed by atoms with Gasteiger partial charge in [-0.05, 0) is 16.5 Å². The minimum absolute atomic E-state index is 0.00100. The Morgan fingerprint density at radius 1 is 1.31 bits per heavy atom. The highest BCUT2D eigenvalue weighted by Crippen LogP contribution is 2.14. The Morgan fingerprint density at radius 3 is 2.62 bits per heavy atom. The van der Waals surface area contributed by atoms with E-state index in [-0.39, 0.29) is 5.41 Å². The van der Waals surface area contributed by atoms with Crippen LogP contribution in [0, 0.1) is 5.41 Å². The molecule has 1 aromatic carbocycles. The maximum Gasteiger partial charge on any atom is 0.0321 e. The highest BCUT2D eigenvalue weighted by atomic mass is 15.1. The van der Waals surface area contributed by atoms with E-state index < -0.39 is 0 Å². The van der Waals surface area contributed by atoms with E-state index in [2.05, 4.69) is 41.3 Å². The normalized spacial score (nSPS) is 10.9. The van der Waals surface area contributed by atoms with Crippen LogP contribution in [0.1, 0.15) is 19.4 Å². The summed E-state index contributed by atoms with van der Waals surface area (Å²) < 4.78 is 0. The van der Waals surface area contributed by atoms with E-state index >= 15 is 0 Å². The van der Waals surface area contributed by atoms with Crippen molar-refractivity contribution < 1.29 is 0 Å². The Hall–Kier alpha value is -1.51. The zero-order chi connectivity index (χ0) is 11.9. The van der Waals surface area contributed by atoms with Crippen LogP contribution in [0.2, 0.25) is 0 Å². The summed E-state index contributed by atoms with van der Waals surface area (Å²) in [5.74, 6) is 0. The number of nitrogens with one attached hydrogen (secondary N) is 1. The fraction of sp³-hybridized carbons (Fsp3) is 0.500. The number of hydrogen-bond acceptors (Lipinski definition) is 2. The summed E-state index contributed by atoms with van der Waals surface area (Å²) in [4.78, 5) is 2.78. The predicted octanol–water partition coefficient (Wildman–Crippen LogP) is 3.11. The number of hydrogen-bond donors (Lipinski definition) is 1. The van der Waals surface area contributed by atoms with E-state index in [0.717, 1.165) is 13.1 Å². The first-order chi connectivity index (χ1) is 7.64. The lowest BCUT2D eigenvalue weighted by Gasteiger charge is -2.22. The fourth-order valence-corrected chi connectivity index (χ4v) is 1.42. The molecular formula is C12H18N4. The number of rotatable bonds is 6. The minimum atomic E-state index is 0.00100. The molecule has 0 aliphatic rings. The van der Waals surface area contributed by atoms with Gasteiger partial charge in [-0.2, -0.15) is 0 Å². The summed E-state index contributed by atoms with van der Waals surface area (Å²) in [7, 11) is 0. The summed E-state index contributed by atoms with van der Waals surface area (Å²) in [5, 5.41) is 6.98. The van der Waals surface area contributed by atoms with Gasteiger partial charge in [-0.25, -0.2) is 0 Å².